The van der Waals surface area contributed by atoms with Crippen molar-refractivity contribution in [2.24, 2.45) is 3.50 Å². The molecular formula is C20H25MoN. The Morgan fingerprint density at radius 1 is 1.05 bits per heavy atom. The van der Waals surface area contributed by atoms with E-state index in [1.165, 1.54) is 28.8 Å². The molecule has 22 heavy (non-hydrogen) atoms. The molecule has 1 nitrogen and oxygen atoms in total. The van der Waals surface area contributed by atoms with Gasteiger partial charge in [-0.05, 0) is 0 Å². The van der Waals surface area contributed by atoms with Crippen LogP contribution in [0.5, 0.6) is 0 Å². The van der Waals surface area contributed by atoms with E-state index >= 15 is 0 Å². The quantitative estimate of drug-likeness (QED) is 0.601. The Kier molecular flexibility index (Phi) is 6.14. The summed E-state index contributed by atoms with van der Waals surface area (Å²) in [4.78, 5) is 0. The van der Waals surface area contributed by atoms with E-state index in [-0.39, 0.29) is 5.41 Å². The molecule has 2 aromatic rings. The molecule has 0 aliphatic heterocycles. The summed E-state index contributed by atoms with van der Waals surface area (Å²) in [6, 6.07) is 17.3. The Bertz CT molecular complexity index is 680. The van der Waals surface area contributed by atoms with Gasteiger partial charge >= 0.3 is 143 Å². The molecule has 116 valence electrons. The van der Waals surface area contributed by atoms with Gasteiger partial charge in [0.2, 0.25) is 0 Å². The van der Waals surface area contributed by atoms with Crippen LogP contribution in [0.25, 0.3) is 0 Å². The van der Waals surface area contributed by atoms with Gasteiger partial charge in [0.05, 0.1) is 0 Å². The Hall–Kier alpha value is -1.20. The van der Waals surface area contributed by atoms with Crippen LogP contribution in [-0.2, 0) is 29.8 Å². The SMILES string of the molecule is CCCc1cccc(C)c1[N]=[Mo]=[CH]C(C)(C)c1ccccc1. The first-order valence-electron chi connectivity index (χ1n) is 7.90. The molecule has 0 aliphatic carbocycles. The Morgan fingerprint density at radius 2 is 1.77 bits per heavy atom. The van der Waals surface area contributed by atoms with Crippen LogP contribution in [0, 0.1) is 6.92 Å². The van der Waals surface area contributed by atoms with Gasteiger partial charge in [0.15, 0.2) is 0 Å². The molecule has 0 amide bonds. The third-order valence-electron chi connectivity index (χ3n) is 3.85. The third kappa shape index (κ3) is 4.40. The average Bonchev–Trinajstić information content (AvgIpc) is 2.51. The Labute approximate surface area is 142 Å². The fourth-order valence-electron chi connectivity index (χ4n) is 2.47. The Balaban J connectivity index is 2.32. The van der Waals surface area contributed by atoms with Crippen LogP contribution in [0.15, 0.2) is 52.0 Å². The number of hydrogen-bond donors (Lipinski definition) is 0. The van der Waals surface area contributed by atoms with Crippen LogP contribution in [0.1, 0.15) is 43.9 Å². The number of rotatable bonds is 5. The van der Waals surface area contributed by atoms with Crippen LogP contribution >= 0.6 is 0 Å². The third-order valence-corrected chi connectivity index (χ3v) is 6.27. The fraction of sp³-hybridized carbons (Fsp3) is 0.350. The second-order valence-electron chi connectivity index (χ2n) is 6.23. The standard InChI is InChI=1S/C10H13N.C10H12.Mo/c1-3-5-9-7-4-6-8(2)10(9)11;1-10(2,3)9-7-5-4-6-8-9;/h4,6-7H,3,5H2,1-2H3;1,4-8H,2-3H3;. The van der Waals surface area contributed by atoms with Crippen molar-refractivity contribution in [3.05, 3.63) is 65.2 Å². The zero-order valence-electron chi connectivity index (χ0n) is 14.0. The molecule has 0 aromatic heterocycles. The summed E-state index contributed by atoms with van der Waals surface area (Å²) in [5, 5.41) is 0. The first-order chi connectivity index (χ1) is 10.5. The van der Waals surface area contributed by atoms with E-state index in [0.29, 0.717) is 0 Å². The van der Waals surface area contributed by atoms with Crippen molar-refractivity contribution in [2.45, 2.75) is 46.0 Å². The number of hydrogen-bond acceptors (Lipinski definition) is 1. The predicted molar refractivity (Wildman–Crippen MR) is 92.8 cm³/mol. The topological polar surface area (TPSA) is 12.4 Å². The molecule has 0 spiro atoms. The maximum absolute atomic E-state index is 5.01. The molecule has 2 rings (SSSR count). The zero-order valence-corrected chi connectivity index (χ0v) is 16.0. The second kappa shape index (κ2) is 7.88. The van der Waals surface area contributed by atoms with E-state index in [0.717, 1.165) is 6.42 Å². The first-order valence-corrected chi connectivity index (χ1v) is 9.95. The summed E-state index contributed by atoms with van der Waals surface area (Å²) < 4.78 is 7.45. The van der Waals surface area contributed by atoms with Gasteiger partial charge in [0, 0.05) is 0 Å². The van der Waals surface area contributed by atoms with Crippen molar-refractivity contribution < 1.29 is 17.9 Å². The van der Waals surface area contributed by atoms with Crippen molar-refractivity contribution in [1.82, 2.24) is 0 Å². The zero-order chi connectivity index (χ0) is 16.0. The van der Waals surface area contributed by atoms with Crippen molar-refractivity contribution in [3.8, 4) is 0 Å². The number of aryl methyl sites for hydroxylation is 2. The molecule has 0 saturated carbocycles. The molecule has 0 N–H and O–H groups in total. The van der Waals surface area contributed by atoms with Gasteiger partial charge in [-0.1, -0.05) is 0 Å². The monoisotopic (exact) mass is 377 g/mol. The molecule has 0 aliphatic rings. The normalized spacial score (nSPS) is 11.1. The molecule has 0 radical (unpaired) electrons. The average molecular weight is 375 g/mol. The van der Waals surface area contributed by atoms with Gasteiger partial charge in [-0.15, -0.1) is 0 Å². The van der Waals surface area contributed by atoms with Gasteiger partial charge in [0.25, 0.3) is 0 Å². The second-order valence-corrected chi connectivity index (χ2v) is 7.78. The minimum absolute atomic E-state index is 0.0978. The molecule has 0 heterocycles. The summed E-state index contributed by atoms with van der Waals surface area (Å²) in [7, 11) is 0. The molecule has 2 aromatic carbocycles. The summed E-state index contributed by atoms with van der Waals surface area (Å²) in [6.45, 7) is 8.97. The first kappa shape index (κ1) is 17.2. The fourth-order valence-corrected chi connectivity index (χ4v) is 4.48. The van der Waals surface area contributed by atoms with Crippen molar-refractivity contribution in [2.75, 3.05) is 0 Å². The van der Waals surface area contributed by atoms with Crippen LogP contribution in [-0.4, -0.2) is 4.40 Å². The van der Waals surface area contributed by atoms with Crippen LogP contribution in [0.2, 0.25) is 0 Å². The summed E-state index contributed by atoms with van der Waals surface area (Å²) in [5.41, 5.74) is 5.42. The van der Waals surface area contributed by atoms with Gasteiger partial charge < -0.3 is 0 Å². The predicted octanol–water partition coefficient (Wildman–Crippen LogP) is 5.63. The molecule has 0 unspecified atom stereocenters. The van der Waals surface area contributed by atoms with E-state index < -0.39 is 17.9 Å². The molecule has 0 atom stereocenters. The van der Waals surface area contributed by atoms with Crippen molar-refractivity contribution in [1.29, 1.82) is 0 Å². The molecule has 0 saturated heterocycles. The van der Waals surface area contributed by atoms with Crippen LogP contribution < -0.4 is 0 Å². The number of nitrogens with zero attached hydrogens (tertiary/aromatic N) is 1. The summed E-state index contributed by atoms with van der Waals surface area (Å²) in [6.07, 6.45) is 2.29. The van der Waals surface area contributed by atoms with E-state index in [1.807, 2.05) is 0 Å². The van der Waals surface area contributed by atoms with Gasteiger partial charge in [-0.3, -0.25) is 0 Å². The van der Waals surface area contributed by atoms with Crippen molar-refractivity contribution in [3.63, 3.8) is 0 Å². The van der Waals surface area contributed by atoms with Gasteiger partial charge in [-0.2, -0.15) is 0 Å². The van der Waals surface area contributed by atoms with E-state index in [1.54, 1.807) is 0 Å². The van der Waals surface area contributed by atoms with Gasteiger partial charge in [-0.25, -0.2) is 0 Å². The van der Waals surface area contributed by atoms with E-state index in [4.69, 9.17) is 3.50 Å². The minimum atomic E-state index is -0.508. The summed E-state index contributed by atoms with van der Waals surface area (Å²) in [5.74, 6) is 0. The summed E-state index contributed by atoms with van der Waals surface area (Å²) >= 11 is -0.508. The van der Waals surface area contributed by atoms with Crippen LogP contribution in [0.3, 0.4) is 0 Å². The van der Waals surface area contributed by atoms with E-state index in [9.17, 15) is 0 Å². The molecular weight excluding hydrogens is 350 g/mol. The maximum atomic E-state index is 5.01. The van der Waals surface area contributed by atoms with Crippen LogP contribution in [0.4, 0.5) is 5.69 Å². The Morgan fingerprint density at radius 3 is 2.45 bits per heavy atom. The molecule has 2 heteroatoms. The van der Waals surface area contributed by atoms with Gasteiger partial charge in [0.1, 0.15) is 0 Å². The van der Waals surface area contributed by atoms with E-state index in [2.05, 4.69) is 80.6 Å². The van der Waals surface area contributed by atoms with Crippen molar-refractivity contribution >= 4 is 10.1 Å². The molecule has 0 fully saturated rings. The molecule has 0 bridgehead atoms. The number of benzene rings is 2.